The number of pyridine rings is 1. The van der Waals surface area contributed by atoms with Crippen molar-refractivity contribution in [3.05, 3.63) is 71.9 Å². The van der Waals surface area contributed by atoms with Gasteiger partial charge in [-0.25, -0.2) is 8.78 Å². The minimum absolute atomic E-state index is 0.207. The molecule has 8 heteroatoms. The molecular weight excluding hydrogens is 358 g/mol. The van der Waals surface area contributed by atoms with E-state index in [-0.39, 0.29) is 16.9 Å². The van der Waals surface area contributed by atoms with Gasteiger partial charge in [-0.1, -0.05) is 12.1 Å². The molecule has 4 aromatic rings. The Morgan fingerprint density at radius 3 is 2.69 bits per heavy atom. The van der Waals surface area contributed by atoms with Gasteiger partial charge in [0.1, 0.15) is 17.2 Å². The lowest BCUT2D eigenvalue weighted by atomic mass is 10.1. The monoisotopic (exact) mass is 368 g/mol. The minimum atomic E-state index is -0.442. The largest absolute Gasteiger partial charge is 0.297 e. The molecule has 0 saturated heterocycles. The number of anilines is 1. The van der Waals surface area contributed by atoms with Gasteiger partial charge in [0, 0.05) is 28.7 Å². The van der Waals surface area contributed by atoms with Gasteiger partial charge in [0.15, 0.2) is 5.82 Å². The molecule has 0 saturated carbocycles. The SMILES string of the molecule is O=C(Nc1nc(-c2ccc(F)cc2)ns1)c1cnc2c(F)cccc2c1. The van der Waals surface area contributed by atoms with Crippen LogP contribution in [0.3, 0.4) is 0 Å². The summed E-state index contributed by atoms with van der Waals surface area (Å²) in [5.41, 5.74) is 1.13. The third kappa shape index (κ3) is 3.14. The van der Waals surface area contributed by atoms with E-state index < -0.39 is 11.7 Å². The maximum Gasteiger partial charge on any atom is 0.259 e. The molecule has 0 aliphatic carbocycles. The van der Waals surface area contributed by atoms with Crippen LogP contribution < -0.4 is 5.32 Å². The van der Waals surface area contributed by atoms with Crippen molar-refractivity contribution in [2.45, 2.75) is 0 Å². The van der Waals surface area contributed by atoms with Gasteiger partial charge < -0.3 is 0 Å². The number of benzene rings is 2. The molecule has 0 aliphatic rings. The smallest absolute Gasteiger partial charge is 0.259 e. The quantitative estimate of drug-likeness (QED) is 0.586. The van der Waals surface area contributed by atoms with Gasteiger partial charge >= 0.3 is 0 Å². The summed E-state index contributed by atoms with van der Waals surface area (Å²) in [5, 5.41) is 3.47. The van der Waals surface area contributed by atoms with Gasteiger partial charge in [-0.2, -0.15) is 9.36 Å². The number of amides is 1. The first-order valence-electron chi connectivity index (χ1n) is 7.55. The van der Waals surface area contributed by atoms with Crippen LogP contribution in [0.4, 0.5) is 13.9 Å². The molecule has 2 heterocycles. The molecule has 2 aromatic heterocycles. The zero-order valence-electron chi connectivity index (χ0n) is 13.1. The third-order valence-electron chi connectivity index (χ3n) is 3.67. The number of fused-ring (bicyclic) bond motifs is 1. The summed E-state index contributed by atoms with van der Waals surface area (Å²) in [5.74, 6) is -0.824. The summed E-state index contributed by atoms with van der Waals surface area (Å²) in [6.45, 7) is 0. The fraction of sp³-hybridized carbons (Fsp3) is 0. The van der Waals surface area contributed by atoms with Crippen LogP contribution >= 0.6 is 11.5 Å². The number of rotatable bonds is 3. The number of nitrogens with zero attached hydrogens (tertiary/aromatic N) is 3. The maximum atomic E-state index is 13.7. The van der Waals surface area contributed by atoms with E-state index in [1.54, 1.807) is 30.3 Å². The van der Waals surface area contributed by atoms with Crippen LogP contribution in [0.5, 0.6) is 0 Å². The molecule has 0 atom stereocenters. The highest BCUT2D eigenvalue weighted by atomic mass is 32.1. The van der Waals surface area contributed by atoms with E-state index in [2.05, 4.69) is 19.7 Å². The third-order valence-corrected chi connectivity index (χ3v) is 4.30. The Bertz CT molecular complexity index is 1110. The first-order chi connectivity index (χ1) is 12.6. The van der Waals surface area contributed by atoms with E-state index >= 15 is 0 Å². The standard InChI is InChI=1S/C18H10F2N4OS/c19-13-6-4-10(5-7-13)16-22-18(26-24-16)23-17(25)12-8-11-2-1-3-14(20)15(11)21-9-12/h1-9H,(H,22,23,24,25). The summed E-state index contributed by atoms with van der Waals surface area (Å²) in [4.78, 5) is 20.6. The molecule has 1 amide bonds. The topological polar surface area (TPSA) is 67.8 Å². The van der Waals surface area contributed by atoms with Crippen LogP contribution in [0.15, 0.2) is 54.7 Å². The minimum Gasteiger partial charge on any atom is -0.297 e. The number of para-hydroxylation sites is 1. The molecule has 0 aliphatic heterocycles. The molecular formula is C18H10F2N4OS. The molecule has 0 bridgehead atoms. The average Bonchev–Trinajstić information content (AvgIpc) is 3.10. The second-order valence-electron chi connectivity index (χ2n) is 5.42. The van der Waals surface area contributed by atoms with Crippen LogP contribution in [-0.4, -0.2) is 20.2 Å². The number of carbonyl (C=O) groups excluding carboxylic acids is 1. The maximum absolute atomic E-state index is 13.7. The van der Waals surface area contributed by atoms with E-state index in [4.69, 9.17) is 0 Å². The lowest BCUT2D eigenvalue weighted by molar-refractivity contribution is 0.102. The van der Waals surface area contributed by atoms with E-state index in [0.717, 1.165) is 11.5 Å². The van der Waals surface area contributed by atoms with E-state index in [1.165, 1.54) is 24.4 Å². The molecule has 2 aromatic carbocycles. The molecule has 0 spiro atoms. The summed E-state index contributed by atoms with van der Waals surface area (Å²) in [7, 11) is 0. The average molecular weight is 368 g/mol. The zero-order chi connectivity index (χ0) is 18.1. The fourth-order valence-corrected chi connectivity index (χ4v) is 2.99. The Balaban J connectivity index is 1.56. The van der Waals surface area contributed by atoms with Crippen LogP contribution in [0.2, 0.25) is 0 Å². The Labute approximate surface area is 150 Å². The second-order valence-corrected chi connectivity index (χ2v) is 6.17. The number of aromatic nitrogens is 3. The first-order valence-corrected chi connectivity index (χ1v) is 8.33. The number of nitrogens with one attached hydrogen (secondary N) is 1. The van der Waals surface area contributed by atoms with Crippen LogP contribution in [-0.2, 0) is 0 Å². The Morgan fingerprint density at radius 2 is 1.88 bits per heavy atom. The molecule has 5 nitrogen and oxygen atoms in total. The summed E-state index contributed by atoms with van der Waals surface area (Å²) >= 11 is 1.01. The normalized spacial score (nSPS) is 10.8. The molecule has 0 unspecified atom stereocenters. The Kier molecular flexibility index (Phi) is 4.10. The predicted molar refractivity (Wildman–Crippen MR) is 95.0 cm³/mol. The van der Waals surface area contributed by atoms with Gasteiger partial charge in [-0.05, 0) is 36.4 Å². The lowest BCUT2D eigenvalue weighted by Crippen LogP contribution is -2.12. The van der Waals surface area contributed by atoms with Crippen LogP contribution in [0, 0.1) is 11.6 Å². The predicted octanol–water partition coefficient (Wildman–Crippen LogP) is 4.28. The zero-order valence-corrected chi connectivity index (χ0v) is 13.9. The molecule has 0 radical (unpaired) electrons. The van der Waals surface area contributed by atoms with Gasteiger partial charge in [0.2, 0.25) is 5.13 Å². The molecule has 1 N–H and O–H groups in total. The van der Waals surface area contributed by atoms with Gasteiger partial charge in [0.25, 0.3) is 5.91 Å². The number of halogens is 2. The van der Waals surface area contributed by atoms with Crippen molar-refractivity contribution >= 4 is 33.5 Å². The van der Waals surface area contributed by atoms with E-state index in [0.29, 0.717) is 21.9 Å². The van der Waals surface area contributed by atoms with Crippen molar-refractivity contribution in [3.8, 4) is 11.4 Å². The van der Waals surface area contributed by atoms with E-state index in [9.17, 15) is 13.6 Å². The Hall–Kier alpha value is -3.26. The highest BCUT2D eigenvalue weighted by molar-refractivity contribution is 7.10. The second kappa shape index (κ2) is 6.57. The number of hydrogen-bond donors (Lipinski definition) is 1. The highest BCUT2D eigenvalue weighted by Gasteiger charge is 2.13. The summed E-state index contributed by atoms with van der Waals surface area (Å²) in [6, 6.07) is 11.9. The first kappa shape index (κ1) is 16.2. The van der Waals surface area contributed by atoms with Crippen molar-refractivity contribution in [2.75, 3.05) is 5.32 Å². The summed E-state index contributed by atoms with van der Waals surface area (Å²) < 4.78 is 30.8. The summed E-state index contributed by atoms with van der Waals surface area (Å²) in [6.07, 6.45) is 1.31. The van der Waals surface area contributed by atoms with Gasteiger partial charge in [0.05, 0.1) is 5.56 Å². The number of hydrogen-bond acceptors (Lipinski definition) is 5. The number of carbonyl (C=O) groups is 1. The molecule has 128 valence electrons. The highest BCUT2D eigenvalue weighted by Crippen LogP contribution is 2.22. The van der Waals surface area contributed by atoms with Crippen molar-refractivity contribution < 1.29 is 13.6 Å². The van der Waals surface area contributed by atoms with Crippen molar-refractivity contribution in [3.63, 3.8) is 0 Å². The van der Waals surface area contributed by atoms with E-state index in [1.807, 2.05) is 0 Å². The van der Waals surface area contributed by atoms with Crippen LogP contribution in [0.25, 0.3) is 22.3 Å². The Morgan fingerprint density at radius 1 is 1.08 bits per heavy atom. The van der Waals surface area contributed by atoms with Crippen molar-refractivity contribution in [2.24, 2.45) is 0 Å². The molecule has 26 heavy (non-hydrogen) atoms. The van der Waals surface area contributed by atoms with Crippen molar-refractivity contribution in [1.29, 1.82) is 0 Å². The molecule has 4 rings (SSSR count). The van der Waals surface area contributed by atoms with Crippen LogP contribution in [0.1, 0.15) is 10.4 Å². The van der Waals surface area contributed by atoms with Gasteiger partial charge in [-0.3, -0.25) is 15.1 Å². The lowest BCUT2D eigenvalue weighted by Gasteiger charge is -2.03. The fourth-order valence-electron chi connectivity index (χ4n) is 2.41. The van der Waals surface area contributed by atoms with Crippen molar-refractivity contribution in [1.82, 2.24) is 14.3 Å². The van der Waals surface area contributed by atoms with Gasteiger partial charge in [-0.15, -0.1) is 0 Å². The molecule has 0 fully saturated rings.